The molecule has 0 radical (unpaired) electrons. The molecule has 0 saturated heterocycles. The van der Waals surface area contributed by atoms with Crippen LogP contribution in [0.1, 0.15) is 36.5 Å². The summed E-state index contributed by atoms with van der Waals surface area (Å²) in [5.74, 6) is 0.757. The first-order valence-corrected chi connectivity index (χ1v) is 9.22. The van der Waals surface area contributed by atoms with Crippen molar-refractivity contribution >= 4 is 34.1 Å². The number of nitrogens with zero attached hydrogens (tertiary/aromatic N) is 1. The first-order chi connectivity index (χ1) is 12.5. The smallest absolute Gasteiger partial charge is 0.277 e. The van der Waals surface area contributed by atoms with Crippen molar-refractivity contribution in [3.05, 3.63) is 69.7 Å². The molecule has 0 aliphatic carbocycles. The number of aryl methyl sites for hydroxylation is 1. The maximum Gasteiger partial charge on any atom is 0.277 e. The Morgan fingerprint density at radius 1 is 1.23 bits per heavy atom. The van der Waals surface area contributed by atoms with Gasteiger partial charge in [-0.2, -0.15) is 5.10 Å². The van der Waals surface area contributed by atoms with Gasteiger partial charge in [0.25, 0.3) is 5.91 Å². The summed E-state index contributed by atoms with van der Waals surface area (Å²) in [7, 11) is 0. The van der Waals surface area contributed by atoms with E-state index in [0.29, 0.717) is 5.92 Å². The fraction of sp³-hybridized carbons (Fsp3) is 0.238. The number of carbonyl (C=O) groups is 1. The lowest BCUT2D eigenvalue weighted by Gasteiger charge is -2.14. The second kappa shape index (κ2) is 9.92. The van der Waals surface area contributed by atoms with Crippen LogP contribution in [0.5, 0.6) is 5.75 Å². The van der Waals surface area contributed by atoms with Crippen LogP contribution in [0.3, 0.4) is 0 Å². The third-order valence-corrected chi connectivity index (χ3v) is 4.06. The summed E-state index contributed by atoms with van der Waals surface area (Å²) >= 11 is 3.40. The van der Waals surface area contributed by atoms with E-state index in [1.807, 2.05) is 61.5 Å². The minimum atomic E-state index is -0.308. The van der Waals surface area contributed by atoms with Crippen molar-refractivity contribution in [2.75, 3.05) is 6.61 Å². The van der Waals surface area contributed by atoms with Crippen molar-refractivity contribution in [2.45, 2.75) is 26.7 Å². The zero-order valence-corrected chi connectivity index (χ0v) is 16.8. The highest BCUT2D eigenvalue weighted by Crippen LogP contribution is 2.27. The number of benzene rings is 2. The van der Waals surface area contributed by atoms with Crippen molar-refractivity contribution in [3.8, 4) is 5.75 Å². The maximum atomic E-state index is 11.9. The molecule has 0 heterocycles. The van der Waals surface area contributed by atoms with Gasteiger partial charge in [0, 0.05) is 4.48 Å². The van der Waals surface area contributed by atoms with E-state index in [-0.39, 0.29) is 12.5 Å². The fourth-order valence-corrected chi connectivity index (χ4v) is 2.70. The van der Waals surface area contributed by atoms with Crippen LogP contribution in [0.25, 0.3) is 6.08 Å². The molecule has 2 aromatic carbocycles. The molecule has 0 fully saturated rings. The number of hydrogen-bond donors (Lipinski definition) is 1. The molecule has 0 aliphatic rings. The number of hydrazone groups is 1. The highest BCUT2D eigenvalue weighted by atomic mass is 79.9. The van der Waals surface area contributed by atoms with Gasteiger partial charge in [-0.15, -0.1) is 0 Å². The van der Waals surface area contributed by atoms with E-state index in [9.17, 15) is 4.79 Å². The summed E-state index contributed by atoms with van der Waals surface area (Å²) in [6.45, 7) is 6.11. The predicted octanol–water partition coefficient (Wildman–Crippen LogP) is 5.04. The van der Waals surface area contributed by atoms with Gasteiger partial charge in [0.15, 0.2) is 6.61 Å². The van der Waals surface area contributed by atoms with Crippen molar-refractivity contribution in [2.24, 2.45) is 5.10 Å². The Kier molecular flexibility index (Phi) is 7.60. The molecule has 1 N–H and O–H groups in total. The Morgan fingerprint density at radius 2 is 1.96 bits per heavy atom. The molecular formula is C21H23BrN2O2. The second-order valence-corrected chi connectivity index (χ2v) is 7.13. The van der Waals surface area contributed by atoms with E-state index in [1.165, 1.54) is 6.21 Å². The summed E-state index contributed by atoms with van der Waals surface area (Å²) in [5, 5.41) is 3.94. The Bertz CT molecular complexity index is 799. The van der Waals surface area contributed by atoms with Crippen LogP contribution < -0.4 is 10.2 Å². The Morgan fingerprint density at radius 3 is 2.65 bits per heavy atom. The topological polar surface area (TPSA) is 50.7 Å². The molecule has 0 spiro atoms. The van der Waals surface area contributed by atoms with Crippen LogP contribution >= 0.6 is 15.9 Å². The van der Waals surface area contributed by atoms with Gasteiger partial charge in [-0.05, 0) is 57.6 Å². The van der Waals surface area contributed by atoms with Gasteiger partial charge in [-0.1, -0.05) is 56.3 Å². The van der Waals surface area contributed by atoms with Crippen LogP contribution in [0.4, 0.5) is 0 Å². The number of nitrogens with one attached hydrogen (secondary N) is 1. The molecule has 0 bridgehead atoms. The normalized spacial score (nSPS) is 11.8. The molecule has 0 saturated carbocycles. The number of halogens is 1. The summed E-state index contributed by atoms with van der Waals surface area (Å²) in [6, 6.07) is 15.9. The summed E-state index contributed by atoms with van der Waals surface area (Å²) in [5.41, 5.74) is 5.69. The zero-order chi connectivity index (χ0) is 18.9. The average Bonchev–Trinajstić information content (AvgIpc) is 2.60. The predicted molar refractivity (Wildman–Crippen MR) is 111 cm³/mol. The highest BCUT2D eigenvalue weighted by molar-refractivity contribution is 9.12. The average molecular weight is 415 g/mol. The Balaban J connectivity index is 1.88. The lowest BCUT2D eigenvalue weighted by atomic mass is 10.0. The van der Waals surface area contributed by atoms with Gasteiger partial charge in [-0.3, -0.25) is 4.79 Å². The number of allylic oxidation sites excluding steroid dienone is 1. The van der Waals surface area contributed by atoms with Crippen molar-refractivity contribution in [1.82, 2.24) is 5.43 Å². The quantitative estimate of drug-likeness (QED) is 0.509. The lowest BCUT2D eigenvalue weighted by Crippen LogP contribution is -2.24. The zero-order valence-electron chi connectivity index (χ0n) is 15.2. The molecule has 5 heteroatoms. The molecule has 0 unspecified atom stereocenters. The molecule has 4 nitrogen and oxygen atoms in total. The van der Waals surface area contributed by atoms with E-state index in [4.69, 9.17) is 4.74 Å². The summed E-state index contributed by atoms with van der Waals surface area (Å²) in [4.78, 5) is 11.9. The SMILES string of the molecule is Cc1ccc(C(C)C)c(OCC(=O)NN=CC(Br)=Cc2ccccc2)c1. The molecule has 136 valence electrons. The van der Waals surface area contributed by atoms with Crippen molar-refractivity contribution in [3.63, 3.8) is 0 Å². The Labute approximate surface area is 163 Å². The van der Waals surface area contributed by atoms with Crippen LogP contribution in [0.2, 0.25) is 0 Å². The first kappa shape index (κ1) is 19.9. The molecule has 2 aromatic rings. The van der Waals surface area contributed by atoms with E-state index in [1.54, 1.807) is 0 Å². The minimum absolute atomic E-state index is 0.0828. The van der Waals surface area contributed by atoms with E-state index in [2.05, 4.69) is 40.3 Å². The van der Waals surface area contributed by atoms with Gasteiger partial charge in [-0.25, -0.2) is 5.43 Å². The molecule has 0 atom stereocenters. The van der Waals surface area contributed by atoms with E-state index in [0.717, 1.165) is 26.9 Å². The van der Waals surface area contributed by atoms with Gasteiger partial charge in [0.05, 0.1) is 6.21 Å². The summed E-state index contributed by atoms with van der Waals surface area (Å²) in [6.07, 6.45) is 3.45. The van der Waals surface area contributed by atoms with Crippen LogP contribution in [0, 0.1) is 6.92 Å². The highest BCUT2D eigenvalue weighted by Gasteiger charge is 2.10. The monoisotopic (exact) mass is 414 g/mol. The Hall–Kier alpha value is -2.40. The second-order valence-electron chi connectivity index (χ2n) is 6.22. The lowest BCUT2D eigenvalue weighted by molar-refractivity contribution is -0.123. The summed E-state index contributed by atoms with van der Waals surface area (Å²) < 4.78 is 6.44. The van der Waals surface area contributed by atoms with Crippen LogP contribution in [-0.2, 0) is 4.79 Å². The van der Waals surface area contributed by atoms with E-state index >= 15 is 0 Å². The van der Waals surface area contributed by atoms with Gasteiger partial charge in [0.2, 0.25) is 0 Å². The van der Waals surface area contributed by atoms with Gasteiger partial charge in [0.1, 0.15) is 5.75 Å². The molecule has 26 heavy (non-hydrogen) atoms. The van der Waals surface area contributed by atoms with Crippen LogP contribution in [-0.4, -0.2) is 18.7 Å². The molecule has 2 rings (SSSR count). The fourth-order valence-electron chi connectivity index (χ4n) is 2.33. The molecular weight excluding hydrogens is 392 g/mol. The van der Waals surface area contributed by atoms with E-state index < -0.39 is 0 Å². The largest absolute Gasteiger partial charge is 0.483 e. The maximum absolute atomic E-state index is 11.9. The number of amides is 1. The molecule has 1 amide bonds. The molecule has 0 aliphatic heterocycles. The number of ether oxygens (including phenoxy) is 1. The third kappa shape index (κ3) is 6.48. The van der Waals surface area contributed by atoms with Gasteiger partial charge < -0.3 is 4.74 Å². The third-order valence-electron chi connectivity index (χ3n) is 3.63. The number of rotatable bonds is 7. The van der Waals surface area contributed by atoms with Crippen molar-refractivity contribution in [1.29, 1.82) is 0 Å². The first-order valence-electron chi connectivity index (χ1n) is 8.43. The van der Waals surface area contributed by atoms with Crippen LogP contribution in [0.15, 0.2) is 58.1 Å². The molecule has 0 aromatic heterocycles. The van der Waals surface area contributed by atoms with Gasteiger partial charge >= 0.3 is 0 Å². The minimum Gasteiger partial charge on any atom is -0.483 e. The number of hydrogen-bond acceptors (Lipinski definition) is 3. The number of carbonyl (C=O) groups excluding carboxylic acids is 1. The standard InChI is InChI=1S/C21H23BrN2O2/c1-15(2)19-10-9-16(3)11-20(19)26-14-21(25)24-23-13-18(22)12-17-7-5-4-6-8-17/h4-13,15H,14H2,1-3H3,(H,24,25). The van der Waals surface area contributed by atoms with Crippen molar-refractivity contribution < 1.29 is 9.53 Å².